The summed E-state index contributed by atoms with van der Waals surface area (Å²) in [5, 5.41) is 3.19. The number of rotatable bonds is 5. The summed E-state index contributed by atoms with van der Waals surface area (Å²) in [5.74, 6) is 3.06. The number of aromatic nitrogens is 2. The lowest BCUT2D eigenvalue weighted by atomic mass is 9.84. The fourth-order valence-electron chi connectivity index (χ4n) is 4.32. The molecule has 1 heterocycles. The first-order valence-corrected chi connectivity index (χ1v) is 8.94. The molecule has 2 aliphatic rings. The van der Waals surface area contributed by atoms with E-state index in [0.29, 0.717) is 18.4 Å². The molecule has 6 heteroatoms. The molecule has 0 aromatic carbocycles. The van der Waals surface area contributed by atoms with Crippen LogP contribution in [0.4, 0.5) is 10.7 Å². The lowest BCUT2D eigenvalue weighted by Crippen LogP contribution is -2.45. The third kappa shape index (κ3) is 3.62. The molecule has 1 aromatic rings. The summed E-state index contributed by atoms with van der Waals surface area (Å²) < 4.78 is 0. The van der Waals surface area contributed by atoms with Crippen LogP contribution in [0, 0.1) is 17.8 Å². The van der Waals surface area contributed by atoms with Crippen molar-refractivity contribution in [1.82, 2.24) is 20.2 Å². The van der Waals surface area contributed by atoms with Crippen molar-refractivity contribution in [3.63, 3.8) is 0 Å². The van der Waals surface area contributed by atoms with Crippen molar-refractivity contribution >= 4 is 12.0 Å². The van der Waals surface area contributed by atoms with Gasteiger partial charge in [-0.2, -0.15) is 0 Å². The van der Waals surface area contributed by atoms with Gasteiger partial charge in [0.15, 0.2) is 0 Å². The van der Waals surface area contributed by atoms with Gasteiger partial charge in [0.05, 0.1) is 6.54 Å². The minimum atomic E-state index is -0.0121. The number of urea groups is 1. The number of fused-ring (bicyclic) bond motifs is 2. The molecule has 2 bridgehead atoms. The van der Waals surface area contributed by atoms with E-state index in [1.165, 1.54) is 25.7 Å². The minimum absolute atomic E-state index is 0.0121. The van der Waals surface area contributed by atoms with Crippen LogP contribution in [0.2, 0.25) is 0 Å². The Hall–Kier alpha value is -1.85. The molecule has 2 amide bonds. The molecule has 0 saturated heterocycles. The van der Waals surface area contributed by atoms with Gasteiger partial charge in [0.25, 0.3) is 0 Å². The zero-order valence-electron chi connectivity index (χ0n) is 15.2. The van der Waals surface area contributed by atoms with Crippen LogP contribution in [0.3, 0.4) is 0 Å². The van der Waals surface area contributed by atoms with Crippen LogP contribution in [-0.4, -0.2) is 48.1 Å². The van der Waals surface area contributed by atoms with Gasteiger partial charge in [0, 0.05) is 45.1 Å². The Morgan fingerprint density at radius 1 is 1.25 bits per heavy atom. The lowest BCUT2D eigenvalue weighted by Gasteiger charge is -2.30. The molecule has 4 atom stereocenters. The van der Waals surface area contributed by atoms with Crippen LogP contribution >= 0.6 is 0 Å². The highest BCUT2D eigenvalue weighted by Gasteiger charge is 2.42. The standard InChI is InChI=1S/C18H29N5O/c1-12(16-8-13-5-6-15(16)7-13)21-18(24)23(4)11-14-9-19-17(20-10-14)22(2)3/h9-10,12-13,15-16H,5-8,11H2,1-4H3,(H,21,24). The molecular weight excluding hydrogens is 302 g/mol. The molecule has 1 aromatic heterocycles. The third-order valence-corrected chi connectivity index (χ3v) is 5.64. The summed E-state index contributed by atoms with van der Waals surface area (Å²) in [4.78, 5) is 24.6. The second-order valence-electron chi connectivity index (χ2n) is 7.72. The molecule has 2 fully saturated rings. The van der Waals surface area contributed by atoms with E-state index < -0.39 is 0 Å². The number of hydrogen-bond donors (Lipinski definition) is 1. The molecule has 2 saturated carbocycles. The van der Waals surface area contributed by atoms with Crippen molar-refractivity contribution in [2.75, 3.05) is 26.0 Å². The molecule has 4 unspecified atom stereocenters. The second-order valence-corrected chi connectivity index (χ2v) is 7.72. The van der Waals surface area contributed by atoms with Crippen LogP contribution in [0.25, 0.3) is 0 Å². The van der Waals surface area contributed by atoms with Crippen LogP contribution in [-0.2, 0) is 6.54 Å². The first kappa shape index (κ1) is 17.0. The Morgan fingerprint density at radius 2 is 1.96 bits per heavy atom. The smallest absolute Gasteiger partial charge is 0.317 e. The van der Waals surface area contributed by atoms with Crippen LogP contribution in [0.5, 0.6) is 0 Å². The molecule has 24 heavy (non-hydrogen) atoms. The highest BCUT2D eigenvalue weighted by Crippen LogP contribution is 2.49. The normalized spacial score (nSPS) is 26.2. The van der Waals surface area contributed by atoms with Crippen molar-refractivity contribution in [1.29, 1.82) is 0 Å². The van der Waals surface area contributed by atoms with Crippen molar-refractivity contribution in [2.24, 2.45) is 17.8 Å². The summed E-state index contributed by atoms with van der Waals surface area (Å²) in [7, 11) is 5.64. The number of carbonyl (C=O) groups is 1. The summed E-state index contributed by atoms with van der Waals surface area (Å²) >= 11 is 0. The first-order valence-electron chi connectivity index (χ1n) is 8.94. The number of nitrogens with zero attached hydrogens (tertiary/aromatic N) is 4. The van der Waals surface area contributed by atoms with Gasteiger partial charge in [-0.05, 0) is 43.9 Å². The van der Waals surface area contributed by atoms with Crippen LogP contribution < -0.4 is 10.2 Å². The fraction of sp³-hybridized carbons (Fsp3) is 0.722. The van der Waals surface area contributed by atoms with Gasteiger partial charge < -0.3 is 15.1 Å². The van der Waals surface area contributed by atoms with E-state index in [2.05, 4.69) is 22.2 Å². The second kappa shape index (κ2) is 6.95. The quantitative estimate of drug-likeness (QED) is 0.900. The Morgan fingerprint density at radius 3 is 2.50 bits per heavy atom. The molecule has 0 spiro atoms. The predicted octanol–water partition coefficient (Wildman–Crippen LogP) is 2.51. The summed E-state index contributed by atoms with van der Waals surface area (Å²) in [6.07, 6.45) is 8.97. The van der Waals surface area contributed by atoms with Gasteiger partial charge in [-0.15, -0.1) is 0 Å². The minimum Gasteiger partial charge on any atom is -0.347 e. The molecule has 0 radical (unpaired) electrons. The van der Waals surface area contributed by atoms with Gasteiger partial charge in [0.2, 0.25) is 5.95 Å². The lowest BCUT2D eigenvalue weighted by molar-refractivity contribution is 0.190. The van der Waals surface area contributed by atoms with Crippen molar-refractivity contribution in [3.05, 3.63) is 18.0 Å². The Bertz CT molecular complexity index is 573. The zero-order valence-corrected chi connectivity index (χ0v) is 15.2. The number of anilines is 1. The number of nitrogens with one attached hydrogen (secondary N) is 1. The molecule has 132 valence electrons. The van der Waals surface area contributed by atoms with E-state index in [4.69, 9.17) is 0 Å². The fourth-order valence-corrected chi connectivity index (χ4v) is 4.32. The van der Waals surface area contributed by atoms with E-state index in [1.807, 2.05) is 26.0 Å². The van der Waals surface area contributed by atoms with Crippen LogP contribution in [0.1, 0.15) is 38.2 Å². The molecule has 2 aliphatic carbocycles. The average Bonchev–Trinajstić information content (AvgIpc) is 3.18. The number of hydrogen-bond acceptors (Lipinski definition) is 4. The monoisotopic (exact) mass is 331 g/mol. The van der Waals surface area contributed by atoms with Gasteiger partial charge in [-0.3, -0.25) is 0 Å². The van der Waals surface area contributed by atoms with Gasteiger partial charge in [-0.25, -0.2) is 14.8 Å². The van der Waals surface area contributed by atoms with E-state index in [0.717, 1.165) is 17.4 Å². The Labute approximate surface area is 144 Å². The van der Waals surface area contributed by atoms with Gasteiger partial charge in [0.1, 0.15) is 0 Å². The summed E-state index contributed by atoms with van der Waals surface area (Å²) in [6, 6.07) is 0.240. The van der Waals surface area contributed by atoms with Gasteiger partial charge in [-0.1, -0.05) is 6.42 Å². The Kier molecular flexibility index (Phi) is 4.92. The maximum absolute atomic E-state index is 12.5. The van der Waals surface area contributed by atoms with E-state index in [-0.39, 0.29) is 12.1 Å². The zero-order chi connectivity index (χ0) is 17.3. The van der Waals surface area contributed by atoms with Crippen molar-refractivity contribution < 1.29 is 4.79 Å². The largest absolute Gasteiger partial charge is 0.347 e. The molecule has 1 N–H and O–H groups in total. The number of carbonyl (C=O) groups excluding carboxylic acids is 1. The molecular formula is C18H29N5O. The highest BCUT2D eigenvalue weighted by molar-refractivity contribution is 5.74. The Balaban J connectivity index is 1.51. The SMILES string of the molecule is CC(NC(=O)N(C)Cc1cnc(N(C)C)nc1)C1CC2CCC1C2. The van der Waals surface area contributed by atoms with E-state index >= 15 is 0 Å². The molecule has 6 nitrogen and oxygen atoms in total. The van der Waals surface area contributed by atoms with Crippen LogP contribution in [0.15, 0.2) is 12.4 Å². The highest BCUT2D eigenvalue weighted by atomic mass is 16.2. The third-order valence-electron chi connectivity index (χ3n) is 5.64. The predicted molar refractivity (Wildman–Crippen MR) is 94.8 cm³/mol. The number of amides is 2. The molecule has 3 rings (SSSR count). The maximum Gasteiger partial charge on any atom is 0.317 e. The maximum atomic E-state index is 12.5. The molecule has 0 aliphatic heterocycles. The summed E-state index contributed by atoms with van der Waals surface area (Å²) in [6.45, 7) is 2.68. The van der Waals surface area contributed by atoms with E-state index in [9.17, 15) is 4.79 Å². The summed E-state index contributed by atoms with van der Waals surface area (Å²) in [5.41, 5.74) is 0.936. The van der Waals surface area contributed by atoms with E-state index in [1.54, 1.807) is 17.3 Å². The van der Waals surface area contributed by atoms with Crippen molar-refractivity contribution in [3.8, 4) is 0 Å². The first-order chi connectivity index (χ1) is 11.4. The topological polar surface area (TPSA) is 61.4 Å². The van der Waals surface area contributed by atoms with Crippen molar-refractivity contribution in [2.45, 2.75) is 45.2 Å². The average molecular weight is 331 g/mol. The van der Waals surface area contributed by atoms with Gasteiger partial charge >= 0.3 is 6.03 Å².